The molecule has 194 valence electrons. The van der Waals surface area contributed by atoms with E-state index in [2.05, 4.69) is 33.8 Å². The zero-order valence-corrected chi connectivity index (χ0v) is 21.3. The summed E-state index contributed by atoms with van der Waals surface area (Å²) in [7, 11) is 0. The second-order valence-electron chi connectivity index (χ2n) is 10.6. The Labute approximate surface area is 213 Å². The Balaban J connectivity index is 1.18. The van der Waals surface area contributed by atoms with Crippen LogP contribution in [0.15, 0.2) is 42.6 Å². The fourth-order valence-corrected chi connectivity index (χ4v) is 5.93. The molecule has 1 amide bonds. The van der Waals surface area contributed by atoms with Crippen molar-refractivity contribution in [3.63, 3.8) is 0 Å². The first-order chi connectivity index (χ1) is 17.4. The van der Waals surface area contributed by atoms with Crippen LogP contribution in [-0.4, -0.2) is 71.2 Å². The molecule has 8 heteroatoms. The normalized spacial score (nSPS) is 21.5. The van der Waals surface area contributed by atoms with Crippen LogP contribution < -0.4 is 15.4 Å². The highest BCUT2D eigenvalue weighted by atomic mass is 19.1. The van der Waals surface area contributed by atoms with Gasteiger partial charge >= 0.3 is 0 Å². The highest BCUT2D eigenvalue weighted by Gasteiger charge is 2.47. The highest BCUT2D eigenvalue weighted by Crippen LogP contribution is 2.41. The number of alkyl halides is 1. The molecule has 3 aliphatic rings. The van der Waals surface area contributed by atoms with Gasteiger partial charge in [-0.15, -0.1) is 0 Å². The number of piperidine rings is 2. The van der Waals surface area contributed by atoms with Crippen LogP contribution in [0.1, 0.15) is 51.0 Å². The van der Waals surface area contributed by atoms with Crippen molar-refractivity contribution in [2.24, 2.45) is 0 Å². The summed E-state index contributed by atoms with van der Waals surface area (Å²) < 4.78 is 22.5. The van der Waals surface area contributed by atoms with Crippen LogP contribution in [0.4, 0.5) is 15.9 Å². The number of nitrogen functional groups attached to an aromatic ring is 1. The van der Waals surface area contributed by atoms with Crippen molar-refractivity contribution in [3.8, 4) is 5.75 Å². The number of hydrogen-bond acceptors (Lipinski definition) is 6. The molecule has 4 heterocycles. The van der Waals surface area contributed by atoms with Gasteiger partial charge in [-0.1, -0.05) is 19.1 Å². The quantitative estimate of drug-likeness (QED) is 0.675. The van der Waals surface area contributed by atoms with Gasteiger partial charge in [0.25, 0.3) is 5.91 Å². The highest BCUT2D eigenvalue weighted by molar-refractivity contribution is 5.85. The lowest BCUT2D eigenvalue weighted by Crippen LogP contribution is -2.57. The van der Waals surface area contributed by atoms with Crippen molar-refractivity contribution >= 4 is 17.4 Å². The Morgan fingerprint density at radius 3 is 2.50 bits per heavy atom. The maximum absolute atomic E-state index is 15.9. The maximum Gasteiger partial charge on any atom is 0.260 e. The Hall–Kier alpha value is -2.87. The van der Waals surface area contributed by atoms with Crippen molar-refractivity contribution in [2.75, 3.05) is 49.9 Å². The Kier molecular flexibility index (Phi) is 7.06. The summed E-state index contributed by atoms with van der Waals surface area (Å²) >= 11 is 0. The van der Waals surface area contributed by atoms with Gasteiger partial charge < -0.3 is 20.3 Å². The number of fused-ring (bicyclic) bond motifs is 1. The molecule has 2 aromatic rings. The van der Waals surface area contributed by atoms with Crippen molar-refractivity contribution in [1.82, 2.24) is 14.8 Å². The van der Waals surface area contributed by atoms with Crippen molar-refractivity contribution in [3.05, 3.63) is 48.2 Å². The minimum Gasteiger partial charge on any atom is -0.485 e. The number of halogens is 1. The summed E-state index contributed by atoms with van der Waals surface area (Å²) in [5, 5.41) is 0. The van der Waals surface area contributed by atoms with Gasteiger partial charge in [0.15, 0.2) is 5.67 Å². The number of nitrogens with two attached hydrogens (primary N) is 1. The summed E-state index contributed by atoms with van der Waals surface area (Å²) in [5.74, 6) is 1.07. The summed E-state index contributed by atoms with van der Waals surface area (Å²) in [4.78, 5) is 23.7. The fraction of sp³-hybridized carbons (Fsp3) is 0.571. The molecule has 2 N–H and O–H groups in total. The second-order valence-corrected chi connectivity index (χ2v) is 10.6. The molecule has 0 aliphatic carbocycles. The maximum atomic E-state index is 15.9. The predicted octanol–water partition coefficient (Wildman–Crippen LogP) is 4.03. The van der Waals surface area contributed by atoms with Gasteiger partial charge in [0, 0.05) is 84.1 Å². The first-order valence-electron chi connectivity index (χ1n) is 13.3. The number of likely N-dealkylation sites (tertiary alicyclic amines) is 2. The Morgan fingerprint density at radius 2 is 1.78 bits per heavy atom. The number of para-hydroxylation sites is 2. The molecule has 0 bridgehead atoms. The Bertz CT molecular complexity index is 1060. The third-order valence-electron chi connectivity index (χ3n) is 8.11. The largest absolute Gasteiger partial charge is 0.485 e. The molecule has 0 atom stereocenters. The van der Waals surface area contributed by atoms with E-state index >= 15 is 4.39 Å². The molecule has 2 saturated heterocycles. The number of nitrogens with zero attached hydrogens (tertiary/aromatic N) is 4. The standard InChI is InChI=1S/C28H38FN5O2/c1-2-14-33-17-8-27(36-24-6-4-3-5-23(24)33)9-18-34(19-10-27)26(35)28(29)11-15-32(16-12-28)21-22-7-13-31-25(30)20-22/h3-7,13,20H,2,8-12,14-19,21H2,1H3,(H2,30,31). The molecule has 0 saturated carbocycles. The number of carbonyl (C=O) groups excluding carboxylic acids is 1. The van der Waals surface area contributed by atoms with E-state index in [0.29, 0.717) is 38.5 Å². The van der Waals surface area contributed by atoms with Gasteiger partial charge in [-0.2, -0.15) is 0 Å². The number of carbonyl (C=O) groups is 1. The van der Waals surface area contributed by atoms with Gasteiger partial charge in [0.2, 0.25) is 0 Å². The fourth-order valence-electron chi connectivity index (χ4n) is 5.93. The molecule has 5 rings (SSSR count). The summed E-state index contributed by atoms with van der Waals surface area (Å²) in [5.41, 5.74) is 5.91. The molecule has 0 unspecified atom stereocenters. The molecule has 7 nitrogen and oxygen atoms in total. The van der Waals surface area contributed by atoms with Crippen LogP contribution in [0, 0.1) is 0 Å². The van der Waals surface area contributed by atoms with Gasteiger partial charge in [-0.3, -0.25) is 9.69 Å². The SMILES string of the molecule is CCCN1CCC2(CCN(C(=O)C3(F)CCN(Cc4ccnc(N)c4)CC3)CC2)Oc2ccccc21. The minimum absolute atomic E-state index is 0.226. The lowest BCUT2D eigenvalue weighted by atomic mass is 9.85. The third kappa shape index (κ3) is 5.14. The summed E-state index contributed by atoms with van der Waals surface area (Å²) in [6.45, 7) is 7.01. The van der Waals surface area contributed by atoms with E-state index < -0.39 is 5.67 Å². The third-order valence-corrected chi connectivity index (χ3v) is 8.11. The first kappa shape index (κ1) is 24.8. The van der Waals surface area contributed by atoms with E-state index in [4.69, 9.17) is 10.5 Å². The van der Waals surface area contributed by atoms with Crippen LogP contribution >= 0.6 is 0 Å². The zero-order chi connectivity index (χ0) is 25.2. The van der Waals surface area contributed by atoms with Crippen LogP contribution in [0.25, 0.3) is 0 Å². The van der Waals surface area contributed by atoms with Crippen molar-refractivity contribution < 1.29 is 13.9 Å². The lowest BCUT2D eigenvalue weighted by molar-refractivity contribution is -0.151. The number of aromatic nitrogens is 1. The van der Waals surface area contributed by atoms with Gasteiger partial charge in [0.05, 0.1) is 5.69 Å². The van der Waals surface area contributed by atoms with Gasteiger partial charge in [-0.25, -0.2) is 9.37 Å². The molecule has 36 heavy (non-hydrogen) atoms. The van der Waals surface area contributed by atoms with Crippen molar-refractivity contribution in [2.45, 2.75) is 63.3 Å². The monoisotopic (exact) mass is 495 g/mol. The topological polar surface area (TPSA) is 74.9 Å². The zero-order valence-electron chi connectivity index (χ0n) is 21.3. The van der Waals surface area contributed by atoms with Gasteiger partial charge in [-0.05, 0) is 36.2 Å². The molecule has 2 fully saturated rings. The van der Waals surface area contributed by atoms with E-state index in [9.17, 15) is 4.79 Å². The summed E-state index contributed by atoms with van der Waals surface area (Å²) in [6, 6.07) is 12.0. The van der Waals surface area contributed by atoms with Crippen LogP contribution in [0.3, 0.4) is 0 Å². The molecular weight excluding hydrogens is 457 g/mol. The smallest absolute Gasteiger partial charge is 0.260 e. The minimum atomic E-state index is -1.78. The van der Waals surface area contributed by atoms with Crippen molar-refractivity contribution in [1.29, 1.82) is 0 Å². The number of ether oxygens (including phenoxy) is 1. The molecule has 0 radical (unpaired) electrons. The number of benzene rings is 1. The molecule has 1 spiro atoms. The molecule has 1 aromatic carbocycles. The average Bonchev–Trinajstić information content (AvgIpc) is 3.03. The van der Waals surface area contributed by atoms with Crippen LogP contribution in [0.2, 0.25) is 0 Å². The summed E-state index contributed by atoms with van der Waals surface area (Å²) in [6.07, 6.45) is 5.61. The number of amides is 1. The predicted molar refractivity (Wildman–Crippen MR) is 140 cm³/mol. The van der Waals surface area contributed by atoms with E-state index in [1.165, 1.54) is 0 Å². The molecule has 1 aromatic heterocycles. The van der Waals surface area contributed by atoms with Crippen LogP contribution in [0.5, 0.6) is 5.75 Å². The number of rotatable bonds is 5. The van der Waals surface area contributed by atoms with E-state index in [0.717, 1.165) is 55.8 Å². The molecular formula is C28H38FN5O2. The molecule has 3 aliphatic heterocycles. The number of anilines is 2. The lowest BCUT2D eigenvalue weighted by Gasteiger charge is -2.44. The Morgan fingerprint density at radius 1 is 1.06 bits per heavy atom. The average molecular weight is 496 g/mol. The number of pyridine rings is 1. The second kappa shape index (κ2) is 10.2. The van der Waals surface area contributed by atoms with E-state index in [1.54, 1.807) is 11.1 Å². The van der Waals surface area contributed by atoms with E-state index in [-0.39, 0.29) is 24.3 Å². The first-order valence-corrected chi connectivity index (χ1v) is 13.3. The van der Waals surface area contributed by atoms with Crippen LogP contribution in [-0.2, 0) is 11.3 Å². The van der Waals surface area contributed by atoms with E-state index in [1.807, 2.05) is 24.3 Å². The van der Waals surface area contributed by atoms with Gasteiger partial charge in [0.1, 0.15) is 17.2 Å². The number of hydrogen-bond donors (Lipinski definition) is 1.